The van der Waals surface area contributed by atoms with E-state index in [0.29, 0.717) is 12.2 Å². The first-order valence-electron chi connectivity index (χ1n) is 9.58. The van der Waals surface area contributed by atoms with Gasteiger partial charge in [-0.25, -0.2) is 0 Å². The van der Waals surface area contributed by atoms with Crippen molar-refractivity contribution in [2.24, 2.45) is 0 Å². The number of ether oxygens (including phenoxy) is 2. The van der Waals surface area contributed by atoms with E-state index in [2.05, 4.69) is 16.0 Å². The number of nitrogens with one attached hydrogen (secondary N) is 1. The van der Waals surface area contributed by atoms with Gasteiger partial charge in [-0.15, -0.1) is 0 Å². The lowest BCUT2D eigenvalue weighted by Gasteiger charge is -2.34. The van der Waals surface area contributed by atoms with Gasteiger partial charge in [0, 0.05) is 55.4 Å². The second kappa shape index (κ2) is 8.35. The van der Waals surface area contributed by atoms with Crippen molar-refractivity contribution in [2.75, 3.05) is 46.4 Å². The highest BCUT2D eigenvalue weighted by Gasteiger charge is 2.22. The molecule has 6 nitrogen and oxygen atoms in total. The highest BCUT2D eigenvalue weighted by atomic mass is 16.5. The molecule has 1 N–H and O–H groups in total. The third kappa shape index (κ3) is 4.12. The minimum Gasteiger partial charge on any atom is -0.497 e. The Morgan fingerprint density at radius 2 is 1.75 bits per heavy atom. The number of hydrogen-bond donors (Lipinski definition) is 1. The van der Waals surface area contributed by atoms with E-state index < -0.39 is 0 Å². The number of methoxy groups -OCH3 is 1. The van der Waals surface area contributed by atoms with E-state index in [-0.39, 0.29) is 5.91 Å². The summed E-state index contributed by atoms with van der Waals surface area (Å²) in [7, 11) is 1.62. The van der Waals surface area contributed by atoms with Crippen LogP contribution in [0.15, 0.2) is 54.7 Å². The number of carbonyl (C=O) groups is 1. The van der Waals surface area contributed by atoms with Gasteiger partial charge in [0.1, 0.15) is 18.1 Å². The van der Waals surface area contributed by atoms with Gasteiger partial charge in [-0.3, -0.25) is 9.69 Å². The fraction of sp³-hybridized carbons (Fsp3) is 0.318. The Labute approximate surface area is 164 Å². The van der Waals surface area contributed by atoms with Crippen LogP contribution in [0, 0.1) is 0 Å². The summed E-state index contributed by atoms with van der Waals surface area (Å²) in [5.74, 6) is 1.73. The molecule has 0 radical (unpaired) electrons. The lowest BCUT2D eigenvalue weighted by molar-refractivity contribution is 0.0620. The van der Waals surface area contributed by atoms with E-state index in [0.717, 1.165) is 55.1 Å². The molecule has 1 amide bonds. The van der Waals surface area contributed by atoms with Gasteiger partial charge >= 0.3 is 0 Å². The third-order valence-corrected chi connectivity index (χ3v) is 5.20. The van der Waals surface area contributed by atoms with E-state index in [1.165, 1.54) is 0 Å². The molecule has 2 aromatic carbocycles. The molecule has 0 saturated carbocycles. The average Bonchev–Trinajstić information content (AvgIpc) is 3.22. The second-order valence-electron chi connectivity index (χ2n) is 6.94. The lowest BCUT2D eigenvalue weighted by atomic mass is 10.1. The van der Waals surface area contributed by atoms with Gasteiger partial charge in [-0.1, -0.05) is 0 Å². The van der Waals surface area contributed by atoms with E-state index >= 15 is 0 Å². The topological polar surface area (TPSA) is 57.8 Å². The monoisotopic (exact) mass is 379 g/mol. The van der Waals surface area contributed by atoms with Crippen molar-refractivity contribution in [3.05, 3.63) is 60.3 Å². The van der Waals surface area contributed by atoms with Crippen LogP contribution in [0.2, 0.25) is 0 Å². The molecule has 0 atom stereocenters. The van der Waals surface area contributed by atoms with Gasteiger partial charge in [-0.05, 0) is 48.5 Å². The summed E-state index contributed by atoms with van der Waals surface area (Å²) in [6.07, 6.45) is 1.93. The predicted molar refractivity (Wildman–Crippen MR) is 109 cm³/mol. The largest absolute Gasteiger partial charge is 0.497 e. The Balaban J connectivity index is 1.23. The molecule has 2 heterocycles. The molecule has 146 valence electrons. The van der Waals surface area contributed by atoms with Gasteiger partial charge in [0.25, 0.3) is 5.91 Å². The zero-order valence-electron chi connectivity index (χ0n) is 16.1. The summed E-state index contributed by atoms with van der Waals surface area (Å²) >= 11 is 0. The fourth-order valence-corrected chi connectivity index (χ4v) is 3.50. The van der Waals surface area contributed by atoms with Crippen molar-refractivity contribution in [3.8, 4) is 11.5 Å². The Bertz CT molecular complexity index is 928. The molecule has 1 aliphatic rings. The summed E-state index contributed by atoms with van der Waals surface area (Å²) in [4.78, 5) is 20.1. The van der Waals surface area contributed by atoms with E-state index in [9.17, 15) is 4.79 Å². The molecule has 1 aliphatic heterocycles. The highest BCUT2D eigenvalue weighted by Crippen LogP contribution is 2.19. The minimum atomic E-state index is 0.0818. The molecular weight excluding hydrogens is 354 g/mol. The van der Waals surface area contributed by atoms with Crippen LogP contribution in [0.1, 0.15) is 10.4 Å². The summed E-state index contributed by atoms with van der Waals surface area (Å²) < 4.78 is 11.1. The Morgan fingerprint density at radius 1 is 1.00 bits per heavy atom. The third-order valence-electron chi connectivity index (χ3n) is 5.20. The Morgan fingerprint density at radius 3 is 2.50 bits per heavy atom. The SMILES string of the molecule is COc1ccc(C(=O)N2CCN(CCOc3ccc4[nH]ccc4c3)CC2)cc1. The second-order valence-corrected chi connectivity index (χ2v) is 6.94. The van der Waals surface area contributed by atoms with Crippen molar-refractivity contribution in [1.82, 2.24) is 14.8 Å². The van der Waals surface area contributed by atoms with Gasteiger partial charge in [0.05, 0.1) is 7.11 Å². The number of hydrogen-bond acceptors (Lipinski definition) is 4. The summed E-state index contributed by atoms with van der Waals surface area (Å²) in [6, 6.07) is 15.4. The first kappa shape index (κ1) is 18.4. The van der Waals surface area contributed by atoms with Crippen LogP contribution in [0.3, 0.4) is 0 Å². The number of aromatic nitrogens is 1. The van der Waals surface area contributed by atoms with Crippen LogP contribution in [-0.4, -0.2) is 67.1 Å². The van der Waals surface area contributed by atoms with Crippen LogP contribution in [0.25, 0.3) is 10.9 Å². The number of benzene rings is 2. The zero-order chi connectivity index (χ0) is 19.3. The number of rotatable bonds is 6. The molecule has 1 saturated heterocycles. The van der Waals surface area contributed by atoms with Crippen LogP contribution >= 0.6 is 0 Å². The molecule has 3 aromatic rings. The van der Waals surface area contributed by atoms with Crippen LogP contribution in [0.5, 0.6) is 11.5 Å². The van der Waals surface area contributed by atoms with Crippen LogP contribution in [-0.2, 0) is 0 Å². The minimum absolute atomic E-state index is 0.0818. The van der Waals surface area contributed by atoms with Crippen LogP contribution < -0.4 is 9.47 Å². The van der Waals surface area contributed by atoms with Gasteiger partial charge in [0.2, 0.25) is 0 Å². The van der Waals surface area contributed by atoms with E-state index in [1.807, 2.05) is 53.6 Å². The first-order chi connectivity index (χ1) is 13.7. The molecule has 28 heavy (non-hydrogen) atoms. The Kier molecular flexibility index (Phi) is 5.48. The zero-order valence-corrected chi connectivity index (χ0v) is 16.1. The maximum atomic E-state index is 12.6. The molecule has 1 aromatic heterocycles. The molecule has 4 rings (SSSR count). The van der Waals surface area contributed by atoms with Crippen molar-refractivity contribution in [1.29, 1.82) is 0 Å². The Hall–Kier alpha value is -2.99. The lowest BCUT2D eigenvalue weighted by Crippen LogP contribution is -2.49. The number of H-pyrrole nitrogens is 1. The average molecular weight is 379 g/mol. The van der Waals surface area contributed by atoms with Crippen molar-refractivity contribution in [2.45, 2.75) is 0 Å². The van der Waals surface area contributed by atoms with Crippen molar-refractivity contribution in [3.63, 3.8) is 0 Å². The summed E-state index contributed by atoms with van der Waals surface area (Å²) in [5.41, 5.74) is 1.82. The van der Waals surface area contributed by atoms with Gasteiger partial charge in [-0.2, -0.15) is 0 Å². The number of fused-ring (bicyclic) bond motifs is 1. The summed E-state index contributed by atoms with van der Waals surface area (Å²) in [5, 5.41) is 1.16. The molecule has 1 fully saturated rings. The highest BCUT2D eigenvalue weighted by molar-refractivity contribution is 5.94. The quantitative estimate of drug-likeness (QED) is 0.715. The smallest absolute Gasteiger partial charge is 0.253 e. The number of carbonyl (C=O) groups excluding carboxylic acids is 1. The number of aromatic amines is 1. The number of amides is 1. The number of nitrogens with zero attached hydrogens (tertiary/aromatic N) is 2. The summed E-state index contributed by atoms with van der Waals surface area (Å²) in [6.45, 7) is 4.70. The normalized spacial score (nSPS) is 15.0. The van der Waals surface area contributed by atoms with Gasteiger partial charge < -0.3 is 19.4 Å². The van der Waals surface area contributed by atoms with E-state index in [1.54, 1.807) is 7.11 Å². The fourth-order valence-electron chi connectivity index (χ4n) is 3.50. The molecule has 0 unspecified atom stereocenters. The molecular formula is C22H25N3O3. The maximum absolute atomic E-state index is 12.6. The predicted octanol–water partition coefficient (Wildman–Crippen LogP) is 3.01. The maximum Gasteiger partial charge on any atom is 0.253 e. The molecule has 6 heteroatoms. The standard InChI is InChI=1S/C22H25N3O3/c1-27-19-4-2-17(3-5-19)22(26)25-12-10-24(11-13-25)14-15-28-20-6-7-21-18(16-20)8-9-23-21/h2-9,16,23H,10-15H2,1H3. The molecule has 0 spiro atoms. The molecule has 0 bridgehead atoms. The van der Waals surface area contributed by atoms with Crippen molar-refractivity contribution >= 4 is 16.8 Å². The molecule has 0 aliphatic carbocycles. The number of piperazine rings is 1. The van der Waals surface area contributed by atoms with Gasteiger partial charge in [0.15, 0.2) is 0 Å². The van der Waals surface area contributed by atoms with E-state index in [4.69, 9.17) is 9.47 Å². The first-order valence-corrected chi connectivity index (χ1v) is 9.58. The van der Waals surface area contributed by atoms with Crippen LogP contribution in [0.4, 0.5) is 0 Å². The van der Waals surface area contributed by atoms with Crippen molar-refractivity contribution < 1.29 is 14.3 Å².